The molecule has 1 aromatic carbocycles. The number of hydrogen-bond acceptors (Lipinski definition) is 2. The van der Waals surface area contributed by atoms with E-state index in [4.69, 9.17) is 5.73 Å². The fourth-order valence-corrected chi connectivity index (χ4v) is 2.09. The zero-order valence-corrected chi connectivity index (χ0v) is 9.57. The number of amides is 1. The topological polar surface area (TPSA) is 55.1 Å². The first-order chi connectivity index (χ1) is 7.72. The van der Waals surface area contributed by atoms with Gasteiger partial charge in [0.2, 0.25) is 5.91 Å². The van der Waals surface area contributed by atoms with Gasteiger partial charge in [-0.25, -0.2) is 0 Å². The van der Waals surface area contributed by atoms with Gasteiger partial charge in [0.05, 0.1) is 6.04 Å². The molecular weight excluding hydrogens is 200 g/mol. The third-order valence-corrected chi connectivity index (χ3v) is 3.26. The summed E-state index contributed by atoms with van der Waals surface area (Å²) >= 11 is 0. The van der Waals surface area contributed by atoms with Crippen LogP contribution in [0.3, 0.4) is 0 Å². The van der Waals surface area contributed by atoms with Crippen LogP contribution in [0.4, 0.5) is 0 Å². The molecule has 3 heteroatoms. The first-order valence-electron chi connectivity index (χ1n) is 5.83. The van der Waals surface area contributed by atoms with Gasteiger partial charge in [-0.2, -0.15) is 0 Å². The zero-order chi connectivity index (χ0) is 11.5. The van der Waals surface area contributed by atoms with E-state index in [0.29, 0.717) is 18.9 Å². The van der Waals surface area contributed by atoms with Crippen LogP contribution in [0, 0.1) is 0 Å². The third kappa shape index (κ3) is 2.09. The third-order valence-electron chi connectivity index (χ3n) is 3.26. The molecule has 1 aliphatic carbocycles. The van der Waals surface area contributed by atoms with E-state index in [0.717, 1.165) is 6.42 Å². The molecule has 0 saturated carbocycles. The molecule has 0 spiro atoms. The molecular formula is C13H18N2O. The number of fused-ring (bicyclic) bond motifs is 1. The molecule has 3 nitrogen and oxygen atoms in total. The normalized spacial score (nSPS) is 19.5. The Morgan fingerprint density at radius 3 is 3.00 bits per heavy atom. The van der Waals surface area contributed by atoms with Gasteiger partial charge >= 0.3 is 0 Å². The summed E-state index contributed by atoms with van der Waals surface area (Å²) in [5.74, 6) is 0.441. The average Bonchev–Trinajstić information content (AvgIpc) is 2.29. The second-order valence-corrected chi connectivity index (χ2v) is 4.36. The predicted molar refractivity (Wildman–Crippen MR) is 64.2 cm³/mol. The van der Waals surface area contributed by atoms with E-state index in [1.165, 1.54) is 11.1 Å². The van der Waals surface area contributed by atoms with Crippen LogP contribution in [0.5, 0.6) is 0 Å². The molecule has 1 unspecified atom stereocenters. The molecule has 0 saturated heterocycles. The summed E-state index contributed by atoms with van der Waals surface area (Å²) in [5, 5.41) is 2.91. The Bertz CT molecular complexity index is 389. The molecule has 3 N–H and O–H groups in total. The minimum Gasteiger partial charge on any atom is -0.354 e. The van der Waals surface area contributed by atoms with Crippen molar-refractivity contribution in [2.24, 2.45) is 5.73 Å². The maximum absolute atomic E-state index is 11.5. The Morgan fingerprint density at radius 2 is 2.31 bits per heavy atom. The Balaban J connectivity index is 1.84. The fraction of sp³-hybridized carbons (Fsp3) is 0.462. The fourth-order valence-electron chi connectivity index (χ4n) is 2.09. The minimum atomic E-state index is -0.365. The lowest BCUT2D eigenvalue weighted by Gasteiger charge is -2.30. The predicted octanol–water partition coefficient (Wildman–Crippen LogP) is 1.18. The van der Waals surface area contributed by atoms with Crippen molar-refractivity contribution in [2.75, 3.05) is 6.54 Å². The summed E-state index contributed by atoms with van der Waals surface area (Å²) in [6.07, 6.45) is 1.75. The van der Waals surface area contributed by atoms with Crippen molar-refractivity contribution in [3.63, 3.8) is 0 Å². The Morgan fingerprint density at radius 1 is 1.56 bits per heavy atom. The lowest BCUT2D eigenvalue weighted by atomic mass is 9.77. The Hall–Kier alpha value is -1.35. The number of carbonyl (C=O) groups excluding carboxylic acids is 1. The van der Waals surface area contributed by atoms with Crippen LogP contribution in [0.25, 0.3) is 0 Å². The maximum atomic E-state index is 11.5. The number of carbonyl (C=O) groups is 1. The SMILES string of the molecule is CC[C@H](N)C(=O)NCC1Cc2ccccc21. The first-order valence-corrected chi connectivity index (χ1v) is 5.83. The van der Waals surface area contributed by atoms with Gasteiger partial charge < -0.3 is 11.1 Å². The van der Waals surface area contributed by atoms with Gasteiger partial charge in [0.15, 0.2) is 0 Å². The van der Waals surface area contributed by atoms with Crippen LogP contribution >= 0.6 is 0 Å². The van der Waals surface area contributed by atoms with Gasteiger partial charge in [-0.05, 0) is 24.0 Å². The average molecular weight is 218 g/mol. The lowest BCUT2D eigenvalue weighted by Crippen LogP contribution is -2.42. The Kier molecular flexibility index (Phi) is 3.25. The van der Waals surface area contributed by atoms with Crippen molar-refractivity contribution < 1.29 is 4.79 Å². The number of hydrogen-bond donors (Lipinski definition) is 2. The molecule has 1 aromatic rings. The highest BCUT2D eigenvalue weighted by atomic mass is 16.2. The van der Waals surface area contributed by atoms with Gasteiger partial charge in [0, 0.05) is 12.5 Å². The molecule has 0 bridgehead atoms. The van der Waals surface area contributed by atoms with E-state index in [-0.39, 0.29) is 11.9 Å². The van der Waals surface area contributed by atoms with Crippen LogP contribution in [0.15, 0.2) is 24.3 Å². The summed E-state index contributed by atoms with van der Waals surface area (Å²) < 4.78 is 0. The van der Waals surface area contributed by atoms with Crippen molar-refractivity contribution in [2.45, 2.75) is 31.7 Å². The monoisotopic (exact) mass is 218 g/mol. The van der Waals surface area contributed by atoms with Gasteiger partial charge in [0.1, 0.15) is 0 Å². The molecule has 2 atom stereocenters. The number of benzene rings is 1. The first kappa shape index (κ1) is 11.1. The van der Waals surface area contributed by atoms with Crippen molar-refractivity contribution >= 4 is 5.91 Å². The van der Waals surface area contributed by atoms with Crippen LogP contribution in [-0.4, -0.2) is 18.5 Å². The second kappa shape index (κ2) is 4.66. The summed E-state index contributed by atoms with van der Waals surface area (Å²) in [7, 11) is 0. The van der Waals surface area contributed by atoms with E-state index >= 15 is 0 Å². The summed E-state index contributed by atoms with van der Waals surface area (Å²) in [4.78, 5) is 11.5. The van der Waals surface area contributed by atoms with Crippen molar-refractivity contribution in [3.8, 4) is 0 Å². The van der Waals surface area contributed by atoms with Crippen LogP contribution < -0.4 is 11.1 Å². The van der Waals surface area contributed by atoms with Gasteiger partial charge in [-0.3, -0.25) is 4.79 Å². The maximum Gasteiger partial charge on any atom is 0.236 e. The molecule has 0 radical (unpaired) electrons. The van der Waals surface area contributed by atoms with E-state index in [2.05, 4.69) is 23.5 Å². The number of nitrogens with two attached hydrogens (primary N) is 1. The summed E-state index contributed by atoms with van der Waals surface area (Å²) in [6.45, 7) is 2.63. The highest BCUT2D eigenvalue weighted by molar-refractivity contribution is 5.81. The molecule has 0 aromatic heterocycles. The number of nitrogens with one attached hydrogen (secondary N) is 1. The quantitative estimate of drug-likeness (QED) is 0.797. The second-order valence-electron chi connectivity index (χ2n) is 4.36. The largest absolute Gasteiger partial charge is 0.354 e. The van der Waals surface area contributed by atoms with E-state index in [1.54, 1.807) is 0 Å². The van der Waals surface area contributed by atoms with E-state index in [1.807, 2.05) is 13.0 Å². The zero-order valence-electron chi connectivity index (χ0n) is 9.57. The lowest BCUT2D eigenvalue weighted by molar-refractivity contribution is -0.122. The molecule has 1 amide bonds. The van der Waals surface area contributed by atoms with Crippen LogP contribution in [-0.2, 0) is 11.2 Å². The smallest absolute Gasteiger partial charge is 0.236 e. The summed E-state index contributed by atoms with van der Waals surface area (Å²) in [5.41, 5.74) is 8.42. The van der Waals surface area contributed by atoms with Gasteiger partial charge in [-0.15, -0.1) is 0 Å². The van der Waals surface area contributed by atoms with Crippen molar-refractivity contribution in [3.05, 3.63) is 35.4 Å². The van der Waals surface area contributed by atoms with E-state index in [9.17, 15) is 4.79 Å². The van der Waals surface area contributed by atoms with Crippen molar-refractivity contribution in [1.29, 1.82) is 0 Å². The van der Waals surface area contributed by atoms with Gasteiger partial charge in [-0.1, -0.05) is 31.2 Å². The highest BCUT2D eigenvalue weighted by Crippen LogP contribution is 2.33. The minimum absolute atomic E-state index is 0.0353. The molecule has 1 aliphatic rings. The molecule has 0 aliphatic heterocycles. The highest BCUT2D eigenvalue weighted by Gasteiger charge is 2.25. The molecule has 86 valence electrons. The summed E-state index contributed by atoms with van der Waals surface area (Å²) in [6, 6.07) is 8.02. The molecule has 2 rings (SSSR count). The molecule has 0 fully saturated rings. The van der Waals surface area contributed by atoms with Crippen molar-refractivity contribution in [1.82, 2.24) is 5.32 Å². The molecule has 16 heavy (non-hydrogen) atoms. The Labute approximate surface area is 96.0 Å². The van der Waals surface area contributed by atoms with Gasteiger partial charge in [0.25, 0.3) is 0 Å². The van der Waals surface area contributed by atoms with Crippen LogP contribution in [0.1, 0.15) is 30.4 Å². The standard InChI is InChI=1S/C13H18N2O/c1-2-12(14)13(16)15-8-10-7-9-5-3-4-6-11(9)10/h3-6,10,12H,2,7-8,14H2,1H3,(H,15,16)/t10?,12-/m0/s1. The number of rotatable bonds is 4. The molecule has 0 heterocycles. The van der Waals surface area contributed by atoms with E-state index < -0.39 is 0 Å². The van der Waals surface area contributed by atoms with Crippen LogP contribution in [0.2, 0.25) is 0 Å².